The Morgan fingerprint density at radius 2 is 1.63 bits per heavy atom. The van der Waals surface area contributed by atoms with Gasteiger partial charge in [0.2, 0.25) is 6.29 Å². The molecule has 43 heavy (non-hydrogen) atoms. The second-order valence-corrected chi connectivity index (χ2v) is 12.1. The Morgan fingerprint density at radius 1 is 1.07 bits per heavy atom. The second kappa shape index (κ2) is 15.0. The molecular formula is C28H48N6O9. The highest BCUT2D eigenvalue weighted by Crippen LogP contribution is 2.31. The van der Waals surface area contributed by atoms with Gasteiger partial charge >= 0.3 is 12.1 Å². The summed E-state index contributed by atoms with van der Waals surface area (Å²) in [4.78, 5) is 28.6. The highest BCUT2D eigenvalue weighted by molar-refractivity contribution is 5.94. The number of aliphatic hydroxyl groups is 1. The van der Waals surface area contributed by atoms with Gasteiger partial charge in [-0.05, 0) is 6.92 Å². The van der Waals surface area contributed by atoms with Crippen LogP contribution in [0.15, 0.2) is 21.2 Å². The highest BCUT2D eigenvalue weighted by Gasteiger charge is 2.45. The maximum atomic E-state index is 12.4. The van der Waals surface area contributed by atoms with Crippen LogP contribution in [0.3, 0.4) is 0 Å². The number of hydrogen-bond donors (Lipinski definition) is 2. The standard InChI is InChI=1S/C15H27N3O5.C13H21N3O4/c1-8-22-12(13(20-6)21-7)18(5)14(19)16-11-9-10(23-17-11)15(2,3)4;1-13(2,3)9-6-10(14-20-9)16-11(17)8(7-19-5)15(4)12(16)18/h9,12-13H,8H2,1-7H3,(H,16,17,19);6,8,11,17H,7H2,1-5H3. The highest BCUT2D eigenvalue weighted by atomic mass is 16.7. The first-order valence-electron chi connectivity index (χ1n) is 13.9. The molecule has 0 spiro atoms. The van der Waals surface area contributed by atoms with E-state index in [1.54, 1.807) is 26.2 Å². The van der Waals surface area contributed by atoms with Crippen LogP contribution in [0.1, 0.15) is 60.0 Å². The zero-order valence-corrected chi connectivity index (χ0v) is 27.3. The molecule has 3 heterocycles. The van der Waals surface area contributed by atoms with Crippen LogP contribution in [0.4, 0.5) is 21.2 Å². The molecule has 2 aromatic heterocycles. The largest absolute Gasteiger partial charge is 0.382 e. The first-order valence-corrected chi connectivity index (χ1v) is 13.9. The first-order chi connectivity index (χ1) is 20.0. The molecular weight excluding hydrogens is 564 g/mol. The van der Waals surface area contributed by atoms with Crippen LogP contribution in [-0.2, 0) is 29.8 Å². The van der Waals surface area contributed by atoms with Crippen LogP contribution in [0.25, 0.3) is 0 Å². The molecule has 3 atom stereocenters. The number of carbonyl (C=O) groups is 2. The Morgan fingerprint density at radius 3 is 2.09 bits per heavy atom. The van der Waals surface area contributed by atoms with Gasteiger partial charge in [0.05, 0.1) is 6.61 Å². The van der Waals surface area contributed by atoms with E-state index in [0.29, 0.717) is 29.8 Å². The van der Waals surface area contributed by atoms with Crippen molar-refractivity contribution in [1.29, 1.82) is 0 Å². The van der Waals surface area contributed by atoms with E-state index in [4.69, 9.17) is 28.0 Å². The summed E-state index contributed by atoms with van der Waals surface area (Å²) in [6.45, 7) is 14.4. The molecule has 15 heteroatoms. The minimum atomic E-state index is -1.01. The minimum Gasteiger partial charge on any atom is -0.382 e. The average molecular weight is 613 g/mol. The molecule has 1 aliphatic rings. The van der Waals surface area contributed by atoms with E-state index in [1.165, 1.54) is 36.0 Å². The fraction of sp³-hybridized carbons (Fsp3) is 0.714. The van der Waals surface area contributed by atoms with Crippen molar-refractivity contribution < 1.29 is 42.7 Å². The number of hydrogen-bond acceptors (Lipinski definition) is 11. The molecule has 4 amide bonds. The smallest absolute Gasteiger partial charge is 0.328 e. The molecule has 0 radical (unpaired) electrons. The lowest BCUT2D eigenvalue weighted by molar-refractivity contribution is -0.211. The minimum absolute atomic E-state index is 0.188. The molecule has 2 N–H and O–H groups in total. The number of nitrogens with zero attached hydrogens (tertiary/aromatic N) is 5. The summed E-state index contributed by atoms with van der Waals surface area (Å²) in [6, 6.07) is 2.22. The van der Waals surface area contributed by atoms with Crippen molar-refractivity contribution in [1.82, 2.24) is 20.1 Å². The van der Waals surface area contributed by atoms with E-state index >= 15 is 0 Å². The number of aromatic nitrogens is 2. The van der Waals surface area contributed by atoms with E-state index < -0.39 is 30.8 Å². The molecule has 0 bridgehead atoms. The number of amides is 4. The van der Waals surface area contributed by atoms with E-state index in [9.17, 15) is 14.7 Å². The Balaban J connectivity index is 0.000000303. The van der Waals surface area contributed by atoms with E-state index in [1.807, 2.05) is 48.5 Å². The summed E-state index contributed by atoms with van der Waals surface area (Å²) in [5.74, 6) is 2.00. The lowest BCUT2D eigenvalue weighted by atomic mass is 9.93. The zero-order chi connectivity index (χ0) is 32.7. The second-order valence-electron chi connectivity index (χ2n) is 12.1. The number of rotatable bonds is 10. The third kappa shape index (κ3) is 8.89. The lowest BCUT2D eigenvalue weighted by Crippen LogP contribution is -2.49. The Bertz CT molecular complexity index is 1170. The Hall–Kier alpha value is -3.24. The number of aliphatic hydroxyl groups excluding tert-OH is 1. The van der Waals surface area contributed by atoms with Gasteiger partial charge in [0.25, 0.3) is 0 Å². The number of urea groups is 2. The molecule has 3 unspecified atom stereocenters. The molecule has 3 rings (SSSR count). The number of anilines is 2. The predicted octanol–water partition coefficient (Wildman–Crippen LogP) is 3.59. The molecule has 244 valence electrons. The van der Waals surface area contributed by atoms with Crippen LogP contribution in [-0.4, -0.2) is 111 Å². The van der Waals surface area contributed by atoms with E-state index in [2.05, 4.69) is 15.6 Å². The summed E-state index contributed by atoms with van der Waals surface area (Å²) < 4.78 is 31.4. The van der Waals surface area contributed by atoms with Crippen molar-refractivity contribution in [2.75, 3.05) is 58.9 Å². The molecule has 1 fully saturated rings. The van der Waals surface area contributed by atoms with Gasteiger partial charge in [0, 0.05) is 65.0 Å². The van der Waals surface area contributed by atoms with Gasteiger partial charge in [-0.2, -0.15) is 0 Å². The molecule has 1 aliphatic heterocycles. The predicted molar refractivity (Wildman–Crippen MR) is 158 cm³/mol. The van der Waals surface area contributed by atoms with Crippen LogP contribution < -0.4 is 10.2 Å². The van der Waals surface area contributed by atoms with Crippen LogP contribution >= 0.6 is 0 Å². The average Bonchev–Trinajstić information content (AvgIpc) is 3.65. The SMILES string of the molecule is CCOC(C(OC)OC)N(C)C(=O)Nc1cc(C(C)(C)C)on1.COCC1C(O)N(c2cc(C(C)(C)C)on2)C(=O)N1C. The summed E-state index contributed by atoms with van der Waals surface area (Å²) in [5, 5.41) is 20.7. The van der Waals surface area contributed by atoms with Crippen LogP contribution in [0.2, 0.25) is 0 Å². The molecule has 0 aromatic carbocycles. The molecule has 1 saturated heterocycles. The fourth-order valence-electron chi connectivity index (χ4n) is 4.01. The van der Waals surface area contributed by atoms with Crippen LogP contribution in [0, 0.1) is 0 Å². The van der Waals surface area contributed by atoms with Crippen molar-refractivity contribution in [3.05, 3.63) is 23.7 Å². The summed E-state index contributed by atoms with van der Waals surface area (Å²) >= 11 is 0. The quantitative estimate of drug-likeness (QED) is 0.377. The number of carbonyl (C=O) groups excluding carboxylic acids is 2. The lowest BCUT2D eigenvalue weighted by Gasteiger charge is -2.32. The van der Waals surface area contributed by atoms with E-state index in [-0.39, 0.29) is 23.5 Å². The third-order valence-corrected chi connectivity index (χ3v) is 6.66. The molecule has 0 saturated carbocycles. The number of nitrogens with one attached hydrogen (secondary N) is 1. The molecule has 2 aromatic rings. The van der Waals surface area contributed by atoms with Gasteiger partial charge in [-0.1, -0.05) is 51.9 Å². The summed E-state index contributed by atoms with van der Waals surface area (Å²) in [6.07, 6.45) is -2.40. The van der Waals surface area contributed by atoms with Gasteiger partial charge in [0.1, 0.15) is 17.6 Å². The summed E-state index contributed by atoms with van der Waals surface area (Å²) in [7, 11) is 7.71. The maximum Gasteiger partial charge on any atom is 0.328 e. The number of likely N-dealkylation sites (N-methyl/N-ethyl adjacent to an activating group) is 2. The topological polar surface area (TPSA) is 165 Å². The van der Waals surface area contributed by atoms with Crippen molar-refractivity contribution >= 4 is 23.7 Å². The van der Waals surface area contributed by atoms with Crippen molar-refractivity contribution in [2.24, 2.45) is 0 Å². The van der Waals surface area contributed by atoms with Gasteiger partial charge in [-0.3, -0.25) is 10.2 Å². The molecule has 15 nitrogen and oxygen atoms in total. The normalized spacial score (nSPS) is 18.1. The van der Waals surface area contributed by atoms with Crippen molar-refractivity contribution in [3.63, 3.8) is 0 Å². The Labute approximate surface area is 253 Å². The van der Waals surface area contributed by atoms with Gasteiger partial charge in [-0.15, -0.1) is 0 Å². The van der Waals surface area contributed by atoms with Crippen molar-refractivity contribution in [2.45, 2.75) is 84.1 Å². The summed E-state index contributed by atoms with van der Waals surface area (Å²) in [5.41, 5.74) is -0.399. The molecule has 0 aliphatic carbocycles. The van der Waals surface area contributed by atoms with Gasteiger partial charge < -0.3 is 38.0 Å². The van der Waals surface area contributed by atoms with Gasteiger partial charge in [0.15, 0.2) is 24.1 Å². The van der Waals surface area contributed by atoms with Crippen LogP contribution in [0.5, 0.6) is 0 Å². The first kappa shape index (κ1) is 36.0. The number of ether oxygens (including phenoxy) is 4. The third-order valence-electron chi connectivity index (χ3n) is 6.66. The van der Waals surface area contributed by atoms with Gasteiger partial charge in [-0.25, -0.2) is 14.5 Å². The zero-order valence-electron chi connectivity index (χ0n) is 27.3. The number of methoxy groups -OCH3 is 3. The maximum absolute atomic E-state index is 12.4. The van der Waals surface area contributed by atoms with Crippen molar-refractivity contribution in [3.8, 4) is 0 Å². The fourth-order valence-corrected chi connectivity index (χ4v) is 4.01. The Kier molecular flexibility index (Phi) is 12.5. The van der Waals surface area contributed by atoms with E-state index in [0.717, 1.165) is 0 Å². The monoisotopic (exact) mass is 612 g/mol.